The second kappa shape index (κ2) is 11.0. The van der Waals surface area contributed by atoms with Gasteiger partial charge in [0.2, 0.25) is 0 Å². The van der Waals surface area contributed by atoms with Crippen LogP contribution in [0, 0.1) is 5.92 Å². The molecule has 0 spiro atoms. The van der Waals surface area contributed by atoms with Crippen LogP contribution in [0.5, 0.6) is 5.75 Å². The topological polar surface area (TPSA) is 27.1 Å². The summed E-state index contributed by atoms with van der Waals surface area (Å²) < 4.78 is 7.22. The molecular weight excluding hydrogens is 439 g/mol. The molecule has 0 fully saturated rings. The summed E-state index contributed by atoms with van der Waals surface area (Å²) in [6.45, 7) is 5.97. The summed E-state index contributed by atoms with van der Waals surface area (Å²) in [5.74, 6) is 1.89. The number of nitrogens with zero attached hydrogens (tertiary/aromatic N) is 2. The molecule has 0 saturated heterocycles. The number of methoxy groups -OCH3 is 1. The molecule has 5 heteroatoms. The van der Waals surface area contributed by atoms with Crippen LogP contribution in [0.25, 0.3) is 22.9 Å². The first-order valence-electron chi connectivity index (χ1n) is 10.2. The highest BCUT2D eigenvalue weighted by Crippen LogP contribution is 2.30. The highest BCUT2D eigenvalue weighted by Gasteiger charge is 2.09. The van der Waals surface area contributed by atoms with Gasteiger partial charge < -0.3 is 9.30 Å². The number of aromatic nitrogens is 2. The zero-order chi connectivity index (χ0) is 23.1. The lowest BCUT2D eigenvalue weighted by Crippen LogP contribution is -1.91. The van der Waals surface area contributed by atoms with Crippen LogP contribution in [-0.2, 0) is 7.05 Å². The second-order valence-electron chi connectivity index (χ2n) is 7.38. The summed E-state index contributed by atoms with van der Waals surface area (Å²) in [6, 6.07) is 13.4. The van der Waals surface area contributed by atoms with Crippen LogP contribution in [0.15, 0.2) is 85.6 Å². The minimum Gasteiger partial charge on any atom is -0.497 e. The van der Waals surface area contributed by atoms with Crippen molar-refractivity contribution in [2.24, 2.45) is 13.0 Å². The van der Waals surface area contributed by atoms with E-state index in [0.29, 0.717) is 10.0 Å². The fraction of sp³-hybridized carbons (Fsp3) is 0.148. The van der Waals surface area contributed by atoms with Crippen LogP contribution in [0.4, 0.5) is 0 Å². The second-order valence-corrected chi connectivity index (χ2v) is 8.23. The predicted molar refractivity (Wildman–Crippen MR) is 137 cm³/mol. The fourth-order valence-electron chi connectivity index (χ4n) is 3.18. The average molecular weight is 465 g/mol. The number of hydrogen-bond donors (Lipinski definition) is 0. The lowest BCUT2D eigenvalue weighted by atomic mass is 10.0. The third kappa shape index (κ3) is 6.03. The van der Waals surface area contributed by atoms with Gasteiger partial charge in [0.1, 0.15) is 11.6 Å². The van der Waals surface area contributed by atoms with E-state index in [1.54, 1.807) is 19.3 Å². The average Bonchev–Trinajstić information content (AvgIpc) is 3.15. The molecular formula is C27H26Cl2N2O. The van der Waals surface area contributed by atoms with Crippen molar-refractivity contribution in [2.75, 3.05) is 7.11 Å². The van der Waals surface area contributed by atoms with E-state index in [9.17, 15) is 0 Å². The van der Waals surface area contributed by atoms with E-state index in [4.69, 9.17) is 32.9 Å². The summed E-state index contributed by atoms with van der Waals surface area (Å²) in [5, 5.41) is 1.19. The van der Waals surface area contributed by atoms with E-state index in [2.05, 4.69) is 31.7 Å². The maximum absolute atomic E-state index is 6.34. The summed E-state index contributed by atoms with van der Waals surface area (Å²) in [7, 11) is 3.63. The fourth-order valence-corrected chi connectivity index (χ4v) is 3.68. The molecule has 1 heterocycles. The van der Waals surface area contributed by atoms with E-state index >= 15 is 0 Å². The van der Waals surface area contributed by atoms with Crippen LogP contribution >= 0.6 is 23.2 Å². The molecule has 1 atom stereocenters. The van der Waals surface area contributed by atoms with Crippen molar-refractivity contribution in [2.45, 2.75) is 6.92 Å². The lowest BCUT2D eigenvalue weighted by Gasteiger charge is -2.05. The van der Waals surface area contributed by atoms with Gasteiger partial charge in [-0.25, -0.2) is 4.98 Å². The number of hydrogen-bond acceptors (Lipinski definition) is 2. The molecule has 0 aliphatic rings. The van der Waals surface area contributed by atoms with Crippen molar-refractivity contribution in [1.82, 2.24) is 9.55 Å². The first-order valence-corrected chi connectivity index (χ1v) is 11.0. The monoisotopic (exact) mass is 464 g/mol. The third-order valence-corrected chi connectivity index (χ3v) is 5.52. The van der Waals surface area contributed by atoms with E-state index in [1.165, 1.54) is 0 Å². The SMILES string of the molecule is C=C/C=C(\C=C/C(C)/C=C/c1nc(-c2ccc(Cl)cc2Cl)cn1C)c1ccc(OC)cc1. The van der Waals surface area contributed by atoms with Gasteiger partial charge in [-0.05, 0) is 53.5 Å². The minimum absolute atomic E-state index is 0.209. The molecule has 0 aliphatic heterocycles. The molecule has 3 rings (SSSR count). The van der Waals surface area contributed by atoms with Crippen molar-refractivity contribution < 1.29 is 4.74 Å². The van der Waals surface area contributed by atoms with Crippen LogP contribution < -0.4 is 4.74 Å². The minimum atomic E-state index is 0.209. The van der Waals surface area contributed by atoms with Crippen molar-refractivity contribution in [3.63, 3.8) is 0 Å². The molecule has 32 heavy (non-hydrogen) atoms. The molecule has 0 N–H and O–H groups in total. The molecule has 1 aromatic heterocycles. The third-order valence-electron chi connectivity index (χ3n) is 4.97. The van der Waals surface area contributed by atoms with Crippen molar-refractivity contribution in [3.05, 3.63) is 107 Å². The van der Waals surface area contributed by atoms with Crippen LogP contribution in [-0.4, -0.2) is 16.7 Å². The van der Waals surface area contributed by atoms with E-state index in [0.717, 1.165) is 34.0 Å². The number of aryl methyl sites for hydroxylation is 1. The molecule has 164 valence electrons. The number of halogens is 2. The first-order chi connectivity index (χ1) is 15.4. The maximum atomic E-state index is 6.34. The molecule has 1 unspecified atom stereocenters. The molecule has 3 nitrogen and oxygen atoms in total. The first kappa shape index (κ1) is 23.6. The van der Waals surface area contributed by atoms with Gasteiger partial charge in [0, 0.05) is 23.8 Å². The van der Waals surface area contributed by atoms with Crippen molar-refractivity contribution in [1.29, 1.82) is 0 Å². The Bertz CT molecular complexity index is 1170. The lowest BCUT2D eigenvalue weighted by molar-refractivity contribution is 0.415. The number of allylic oxidation sites excluding steroid dienone is 6. The smallest absolute Gasteiger partial charge is 0.132 e. The normalized spacial score (nSPS) is 13.1. The van der Waals surface area contributed by atoms with Gasteiger partial charge in [-0.15, -0.1) is 0 Å². The van der Waals surface area contributed by atoms with Crippen LogP contribution in [0.1, 0.15) is 18.3 Å². The van der Waals surface area contributed by atoms with Gasteiger partial charge in [-0.1, -0.05) is 79.2 Å². The van der Waals surface area contributed by atoms with E-state index < -0.39 is 0 Å². The molecule has 3 aromatic rings. The Balaban J connectivity index is 1.74. The molecule has 2 aromatic carbocycles. The summed E-state index contributed by atoms with van der Waals surface area (Å²) in [6.07, 6.45) is 14.1. The Morgan fingerprint density at radius 3 is 2.53 bits per heavy atom. The Labute approximate surface area is 200 Å². The highest BCUT2D eigenvalue weighted by atomic mass is 35.5. The highest BCUT2D eigenvalue weighted by molar-refractivity contribution is 6.36. The number of benzene rings is 2. The van der Waals surface area contributed by atoms with E-state index in [1.807, 2.05) is 66.4 Å². The molecule has 0 radical (unpaired) electrons. The van der Waals surface area contributed by atoms with Crippen LogP contribution in [0.3, 0.4) is 0 Å². The zero-order valence-electron chi connectivity index (χ0n) is 18.4. The zero-order valence-corrected chi connectivity index (χ0v) is 19.9. The van der Waals surface area contributed by atoms with Gasteiger partial charge in [-0.2, -0.15) is 0 Å². The van der Waals surface area contributed by atoms with Gasteiger partial charge in [0.15, 0.2) is 0 Å². The molecule has 0 saturated carbocycles. The summed E-state index contributed by atoms with van der Waals surface area (Å²) in [5.41, 5.74) is 3.86. The van der Waals surface area contributed by atoms with Crippen LogP contribution in [0.2, 0.25) is 10.0 Å². The predicted octanol–water partition coefficient (Wildman–Crippen LogP) is 7.88. The molecule has 0 aliphatic carbocycles. The van der Waals surface area contributed by atoms with Gasteiger partial charge in [-0.3, -0.25) is 0 Å². The Hall–Kier alpha value is -3.01. The van der Waals surface area contributed by atoms with E-state index in [-0.39, 0.29) is 5.92 Å². The summed E-state index contributed by atoms with van der Waals surface area (Å²) >= 11 is 12.3. The maximum Gasteiger partial charge on any atom is 0.132 e. The number of imidazole rings is 1. The Morgan fingerprint density at radius 2 is 1.88 bits per heavy atom. The Morgan fingerprint density at radius 1 is 1.12 bits per heavy atom. The molecule has 0 amide bonds. The number of rotatable bonds is 8. The quantitative estimate of drug-likeness (QED) is 0.317. The molecule has 0 bridgehead atoms. The summed E-state index contributed by atoms with van der Waals surface area (Å²) in [4.78, 5) is 4.72. The standard InChI is InChI=1S/C27H26Cl2N2O/c1-5-6-20(21-10-13-23(32-4)14-11-21)9-7-19(2)8-16-27-30-26(18-31(27)3)24-15-12-22(28)17-25(24)29/h5-19H,1H2,2-4H3/b9-7-,16-8+,20-6+. The van der Waals surface area contributed by atoms with Crippen molar-refractivity contribution >= 4 is 34.9 Å². The van der Waals surface area contributed by atoms with Gasteiger partial charge in [0.05, 0.1) is 17.8 Å². The van der Waals surface area contributed by atoms with Gasteiger partial charge >= 0.3 is 0 Å². The number of ether oxygens (including phenoxy) is 1. The van der Waals surface area contributed by atoms with Gasteiger partial charge in [0.25, 0.3) is 0 Å². The Kier molecular flexibility index (Phi) is 8.15. The van der Waals surface area contributed by atoms with Crippen molar-refractivity contribution in [3.8, 4) is 17.0 Å². The largest absolute Gasteiger partial charge is 0.497 e.